The number of ether oxygens (including phenoxy) is 5. The van der Waals surface area contributed by atoms with Gasteiger partial charge >= 0.3 is 12.1 Å². The van der Waals surface area contributed by atoms with E-state index < -0.39 is 28.9 Å². The number of methoxy groups -OCH3 is 1. The Morgan fingerprint density at radius 2 is 1.89 bits per heavy atom. The van der Waals surface area contributed by atoms with Crippen molar-refractivity contribution >= 4 is 33.6 Å². The smallest absolute Gasteiger partial charge is 0.410 e. The van der Waals surface area contributed by atoms with Crippen LogP contribution in [0.25, 0.3) is 32.9 Å². The van der Waals surface area contributed by atoms with Crippen molar-refractivity contribution in [3.63, 3.8) is 0 Å². The fraction of sp³-hybridized carbons (Fsp3) is 0.561. The van der Waals surface area contributed by atoms with E-state index in [1.165, 1.54) is 13.2 Å². The number of aromatic nitrogens is 3. The molecular formula is C41H47F3N6O6. The van der Waals surface area contributed by atoms with Gasteiger partial charge in [-0.25, -0.2) is 22.9 Å². The van der Waals surface area contributed by atoms with Gasteiger partial charge in [-0.3, -0.25) is 9.80 Å². The molecule has 5 aliphatic heterocycles. The molecule has 4 fully saturated rings. The molecule has 0 radical (unpaired) electrons. The number of piperazine rings is 1. The summed E-state index contributed by atoms with van der Waals surface area (Å²) in [6.07, 6.45) is 2.50. The van der Waals surface area contributed by atoms with Gasteiger partial charge < -0.3 is 28.6 Å². The van der Waals surface area contributed by atoms with E-state index in [1.54, 1.807) is 18.2 Å². The Kier molecular flexibility index (Phi) is 9.10. The third kappa shape index (κ3) is 6.12. The summed E-state index contributed by atoms with van der Waals surface area (Å²) in [5.41, 5.74) is -0.665. The van der Waals surface area contributed by atoms with Crippen LogP contribution in [0.1, 0.15) is 65.4 Å². The van der Waals surface area contributed by atoms with E-state index in [0.717, 1.165) is 25.8 Å². The van der Waals surface area contributed by atoms with Crippen LogP contribution in [0.5, 0.6) is 17.6 Å². The van der Waals surface area contributed by atoms with Crippen LogP contribution >= 0.6 is 0 Å². The Labute approximate surface area is 323 Å². The normalized spacial score (nSPS) is 25.6. The van der Waals surface area contributed by atoms with Crippen molar-refractivity contribution in [2.75, 3.05) is 51.7 Å². The first kappa shape index (κ1) is 37.0. The van der Waals surface area contributed by atoms with E-state index in [2.05, 4.69) is 9.80 Å². The molecule has 5 aliphatic rings. The molecule has 0 spiro atoms. The number of carbonyl (C=O) groups is 1. The van der Waals surface area contributed by atoms with E-state index in [9.17, 15) is 9.18 Å². The lowest BCUT2D eigenvalue weighted by Crippen LogP contribution is -2.63. The van der Waals surface area contributed by atoms with Crippen LogP contribution in [-0.2, 0) is 15.9 Å². The van der Waals surface area contributed by atoms with E-state index >= 15 is 8.78 Å². The SMILES string of the molecule is CCc1c(F)ccc2cc(OCOC)cc(-c3nc4c5c(nc(OC[C@]67CCCN6C[C@@H](F)C7)nc5c3F)N3C[C@@H]5CC[C@H]([C@H]3CO4)N5C(=O)OC(C)(C)C)c12. The first-order valence-corrected chi connectivity index (χ1v) is 19.6. The zero-order valence-corrected chi connectivity index (χ0v) is 32.4. The second kappa shape index (κ2) is 13.8. The molecule has 9 rings (SSSR count). The van der Waals surface area contributed by atoms with Gasteiger partial charge in [0.2, 0.25) is 5.88 Å². The van der Waals surface area contributed by atoms with Crippen LogP contribution in [0.4, 0.5) is 23.8 Å². The first-order chi connectivity index (χ1) is 26.9. The maximum Gasteiger partial charge on any atom is 0.410 e. The highest BCUT2D eigenvalue weighted by atomic mass is 19.1. The van der Waals surface area contributed by atoms with Gasteiger partial charge in [0.25, 0.3) is 0 Å². The van der Waals surface area contributed by atoms with Crippen LogP contribution in [0.3, 0.4) is 0 Å². The number of nitrogens with zero attached hydrogens (tertiary/aromatic N) is 6. The maximum absolute atomic E-state index is 17.6. The highest BCUT2D eigenvalue weighted by Crippen LogP contribution is 2.47. The number of alkyl halides is 1. The van der Waals surface area contributed by atoms with Crippen molar-refractivity contribution in [2.45, 2.75) is 102 Å². The number of amides is 1. The minimum atomic E-state index is -0.958. The summed E-state index contributed by atoms with van der Waals surface area (Å²) >= 11 is 0. The van der Waals surface area contributed by atoms with Crippen molar-refractivity contribution in [2.24, 2.45) is 0 Å². The summed E-state index contributed by atoms with van der Waals surface area (Å²) in [4.78, 5) is 34.1. The molecule has 2 aromatic heterocycles. The second-order valence-electron chi connectivity index (χ2n) is 16.7. The van der Waals surface area contributed by atoms with Crippen molar-refractivity contribution in [3.8, 4) is 28.9 Å². The minimum absolute atomic E-state index is 0.0528. The third-order valence-corrected chi connectivity index (χ3v) is 12.1. The summed E-state index contributed by atoms with van der Waals surface area (Å²) in [6, 6.07) is 5.50. The Bertz CT molecular complexity index is 2220. The van der Waals surface area contributed by atoms with Crippen LogP contribution in [0, 0.1) is 11.6 Å². The number of carbonyl (C=O) groups excluding carboxylic acids is 1. The molecule has 0 N–H and O–H groups in total. The highest BCUT2D eigenvalue weighted by Gasteiger charge is 2.52. The summed E-state index contributed by atoms with van der Waals surface area (Å²) in [7, 11) is 1.50. The Hall–Kier alpha value is -4.63. The van der Waals surface area contributed by atoms with Gasteiger partial charge in [0.05, 0.1) is 23.7 Å². The number of halogens is 3. The Balaban J connectivity index is 1.21. The fourth-order valence-corrected chi connectivity index (χ4v) is 9.78. The van der Waals surface area contributed by atoms with E-state index in [1.807, 2.05) is 32.6 Å². The predicted molar refractivity (Wildman–Crippen MR) is 202 cm³/mol. The second-order valence-corrected chi connectivity index (χ2v) is 16.7. The third-order valence-electron chi connectivity index (χ3n) is 12.1. The molecule has 12 nitrogen and oxygen atoms in total. The van der Waals surface area contributed by atoms with Crippen LogP contribution in [-0.4, -0.2) is 113 Å². The van der Waals surface area contributed by atoms with Crippen molar-refractivity contribution in [3.05, 3.63) is 41.5 Å². The van der Waals surface area contributed by atoms with Crippen LogP contribution in [0.15, 0.2) is 24.3 Å². The standard InChI is InChI=1S/C41H47F3N6O6/c1-6-26-28(43)10-8-22-14-25(55-21-52-5)15-27(31(22)26)34-33(44)35-32-36(47-38(46-35)54-20-41-12-7-13-48(41)17-23(42)16-41)49-18-24-9-11-29(30(49)19-53-37(32)45-34)50(24)39(51)56-40(2,3)4/h8,10,14-15,23-24,29-30H,6-7,9,11-13,16-21H2,1-5H3/t23-,24-,29+,30+,41+/m0/s1. The average molecular weight is 777 g/mol. The molecule has 5 atom stereocenters. The van der Waals surface area contributed by atoms with Gasteiger partial charge in [0.15, 0.2) is 12.6 Å². The average Bonchev–Trinajstić information content (AvgIpc) is 3.76. The molecule has 4 saturated heterocycles. The quantitative estimate of drug-likeness (QED) is 0.173. The molecule has 0 unspecified atom stereocenters. The van der Waals surface area contributed by atoms with Crippen molar-refractivity contribution < 1.29 is 41.7 Å². The van der Waals surface area contributed by atoms with E-state index in [-0.39, 0.29) is 72.7 Å². The van der Waals surface area contributed by atoms with Crippen LogP contribution in [0.2, 0.25) is 0 Å². The molecule has 0 saturated carbocycles. The minimum Gasteiger partial charge on any atom is -0.475 e. The molecule has 56 heavy (non-hydrogen) atoms. The summed E-state index contributed by atoms with van der Waals surface area (Å²) in [6.45, 7) is 9.09. The monoisotopic (exact) mass is 776 g/mol. The molecule has 15 heteroatoms. The number of pyridine rings is 1. The van der Waals surface area contributed by atoms with Gasteiger partial charge in [-0.05, 0) is 94.0 Å². The van der Waals surface area contributed by atoms with Gasteiger partial charge in [-0.2, -0.15) is 9.97 Å². The van der Waals surface area contributed by atoms with E-state index in [0.29, 0.717) is 65.8 Å². The summed E-state index contributed by atoms with van der Waals surface area (Å²) in [5.74, 6) is -0.320. The van der Waals surface area contributed by atoms with Gasteiger partial charge in [-0.15, -0.1) is 0 Å². The molecule has 0 aliphatic carbocycles. The van der Waals surface area contributed by atoms with E-state index in [4.69, 9.17) is 38.6 Å². The molecule has 4 aromatic rings. The fourth-order valence-electron chi connectivity index (χ4n) is 9.78. The number of aryl methyl sites for hydroxylation is 1. The van der Waals surface area contributed by atoms with Crippen LogP contribution < -0.4 is 19.1 Å². The highest BCUT2D eigenvalue weighted by molar-refractivity contribution is 6.03. The Morgan fingerprint density at radius 3 is 2.68 bits per heavy atom. The van der Waals surface area contributed by atoms with Gasteiger partial charge in [0, 0.05) is 32.2 Å². The van der Waals surface area contributed by atoms with Gasteiger partial charge in [-0.1, -0.05) is 13.0 Å². The molecule has 2 bridgehead atoms. The lowest BCUT2D eigenvalue weighted by Gasteiger charge is -2.46. The molecular weight excluding hydrogens is 729 g/mol. The number of hydrogen-bond acceptors (Lipinski definition) is 11. The first-order valence-electron chi connectivity index (χ1n) is 19.6. The maximum atomic E-state index is 17.6. The number of fused-ring (bicyclic) bond motifs is 7. The van der Waals surface area contributed by atoms with Gasteiger partial charge in [0.1, 0.15) is 59.0 Å². The Morgan fingerprint density at radius 1 is 1.05 bits per heavy atom. The zero-order chi connectivity index (χ0) is 39.1. The summed E-state index contributed by atoms with van der Waals surface area (Å²) in [5, 5.41) is 1.39. The number of anilines is 1. The van der Waals surface area contributed by atoms with Crippen molar-refractivity contribution in [1.82, 2.24) is 24.8 Å². The number of benzene rings is 2. The number of rotatable bonds is 8. The topological polar surface area (TPSA) is 112 Å². The number of hydrogen-bond donors (Lipinski definition) is 0. The van der Waals surface area contributed by atoms with Crippen molar-refractivity contribution in [1.29, 1.82) is 0 Å². The summed E-state index contributed by atoms with van der Waals surface area (Å²) < 4.78 is 77.5. The molecule has 7 heterocycles. The zero-order valence-electron chi connectivity index (χ0n) is 32.4. The largest absolute Gasteiger partial charge is 0.475 e. The predicted octanol–water partition coefficient (Wildman–Crippen LogP) is 6.97. The molecule has 1 amide bonds. The molecule has 2 aromatic carbocycles. The lowest BCUT2D eigenvalue weighted by atomic mass is 9.94. The lowest BCUT2D eigenvalue weighted by molar-refractivity contribution is 0.00537. The molecule has 298 valence electrons.